The molecule has 3 aromatic rings. The fourth-order valence-corrected chi connectivity index (χ4v) is 4.64. The molecule has 1 aliphatic heterocycles. The number of anilines is 1. The summed E-state index contributed by atoms with van der Waals surface area (Å²) in [6, 6.07) is 5.49. The molecule has 1 atom stereocenters. The molecule has 1 saturated heterocycles. The lowest BCUT2D eigenvalue weighted by Crippen LogP contribution is -2.45. The number of halogens is 2. The molecular weight excluding hydrogens is 409 g/mol. The van der Waals surface area contributed by atoms with Crippen molar-refractivity contribution < 1.29 is 8.42 Å². The van der Waals surface area contributed by atoms with E-state index in [9.17, 15) is 8.42 Å². The van der Waals surface area contributed by atoms with E-state index in [4.69, 9.17) is 28.3 Å². The molecule has 0 saturated carbocycles. The van der Waals surface area contributed by atoms with Gasteiger partial charge in [0.1, 0.15) is 5.82 Å². The number of hydrogen-bond acceptors (Lipinski definition) is 5. The van der Waals surface area contributed by atoms with Crippen LogP contribution in [0.1, 0.15) is 12.8 Å². The van der Waals surface area contributed by atoms with Gasteiger partial charge in [-0.1, -0.05) is 23.2 Å². The van der Waals surface area contributed by atoms with Crippen molar-refractivity contribution in [2.45, 2.75) is 18.1 Å². The minimum atomic E-state index is -3.61. The number of imidazole rings is 1. The Bertz CT molecular complexity index is 1100. The highest BCUT2D eigenvalue weighted by Crippen LogP contribution is 2.35. The number of primary sulfonamides is 1. The van der Waals surface area contributed by atoms with Crippen molar-refractivity contribution in [1.82, 2.24) is 14.5 Å². The Balaban J connectivity index is 1.87. The van der Waals surface area contributed by atoms with Gasteiger partial charge in [-0.2, -0.15) is 0 Å². The average Bonchev–Trinajstić information content (AvgIpc) is 3.18. The fraction of sp³-hybridized carbons (Fsp3) is 0.294. The van der Waals surface area contributed by atoms with Gasteiger partial charge in [0, 0.05) is 36.9 Å². The van der Waals surface area contributed by atoms with Crippen LogP contribution < -0.4 is 10.0 Å². The van der Waals surface area contributed by atoms with Gasteiger partial charge >= 0.3 is 0 Å². The molecule has 0 aliphatic carbocycles. The van der Waals surface area contributed by atoms with E-state index in [1.807, 2.05) is 27.8 Å². The zero-order valence-corrected chi connectivity index (χ0v) is 16.5. The molecule has 4 rings (SSSR count). The molecule has 1 aliphatic rings. The SMILES string of the molecule is NS(=O)(=O)C1CCCN(c2cc(-n3ccnc3)c3ccc(Cl)c(Cl)c3n2)C1. The molecular formula is C17H17Cl2N5O2S. The number of nitrogens with two attached hydrogens (primary N) is 1. The second-order valence-corrected chi connectivity index (χ2v) is 9.16. The number of aromatic nitrogens is 3. The third-order valence-electron chi connectivity index (χ3n) is 4.79. The van der Waals surface area contributed by atoms with Crippen molar-refractivity contribution in [3.05, 3.63) is 47.0 Å². The summed E-state index contributed by atoms with van der Waals surface area (Å²) >= 11 is 12.6. The molecule has 0 radical (unpaired) electrons. The number of rotatable bonds is 3. The number of hydrogen-bond donors (Lipinski definition) is 1. The third kappa shape index (κ3) is 3.50. The van der Waals surface area contributed by atoms with Crippen molar-refractivity contribution in [2.75, 3.05) is 18.0 Å². The standard InChI is InChI=1S/C17H17Cl2N5O2S/c18-13-4-3-12-14(24-7-5-21-10-24)8-15(22-17(12)16(13)19)23-6-1-2-11(9-23)27(20,25)26/h3-5,7-8,10-11H,1-2,6,9H2,(H2,20,25,26). The molecule has 142 valence electrons. The van der Waals surface area contributed by atoms with Gasteiger partial charge in [0.25, 0.3) is 0 Å². The van der Waals surface area contributed by atoms with Gasteiger partial charge in [0.15, 0.2) is 0 Å². The van der Waals surface area contributed by atoms with Crippen LogP contribution in [0, 0.1) is 0 Å². The molecule has 10 heteroatoms. The maximum Gasteiger partial charge on any atom is 0.213 e. The molecule has 3 heterocycles. The maximum absolute atomic E-state index is 11.8. The topological polar surface area (TPSA) is 94.1 Å². The highest BCUT2D eigenvalue weighted by atomic mass is 35.5. The van der Waals surface area contributed by atoms with E-state index in [0.717, 1.165) is 11.1 Å². The van der Waals surface area contributed by atoms with E-state index in [-0.39, 0.29) is 0 Å². The normalized spacial score (nSPS) is 18.2. The van der Waals surface area contributed by atoms with Crippen molar-refractivity contribution >= 4 is 49.9 Å². The predicted molar refractivity (Wildman–Crippen MR) is 107 cm³/mol. The van der Waals surface area contributed by atoms with Gasteiger partial charge in [-0.25, -0.2) is 23.5 Å². The molecule has 1 unspecified atom stereocenters. The van der Waals surface area contributed by atoms with E-state index in [1.165, 1.54) is 0 Å². The summed E-state index contributed by atoms with van der Waals surface area (Å²) in [6.45, 7) is 0.977. The highest BCUT2D eigenvalue weighted by Gasteiger charge is 2.29. The van der Waals surface area contributed by atoms with E-state index in [1.54, 1.807) is 18.6 Å². The summed E-state index contributed by atoms with van der Waals surface area (Å²) in [5.74, 6) is 0.628. The Kier molecular flexibility index (Phi) is 4.75. The Labute approximate surface area is 166 Å². The lowest BCUT2D eigenvalue weighted by Gasteiger charge is -2.32. The second-order valence-electron chi connectivity index (χ2n) is 6.53. The van der Waals surface area contributed by atoms with Crippen LogP contribution in [-0.2, 0) is 10.0 Å². The number of sulfonamides is 1. The summed E-state index contributed by atoms with van der Waals surface area (Å²) in [6.07, 6.45) is 6.45. The van der Waals surface area contributed by atoms with Crippen LogP contribution in [0.25, 0.3) is 16.6 Å². The van der Waals surface area contributed by atoms with Crippen LogP contribution in [0.5, 0.6) is 0 Å². The molecule has 1 fully saturated rings. The molecule has 1 aromatic carbocycles. The monoisotopic (exact) mass is 425 g/mol. The van der Waals surface area contributed by atoms with Crippen molar-refractivity contribution in [1.29, 1.82) is 0 Å². The van der Waals surface area contributed by atoms with E-state index in [2.05, 4.69) is 9.97 Å². The fourth-order valence-electron chi connectivity index (χ4n) is 3.39. The van der Waals surface area contributed by atoms with Gasteiger partial charge in [0.05, 0.1) is 32.8 Å². The van der Waals surface area contributed by atoms with Gasteiger partial charge in [0.2, 0.25) is 10.0 Å². The number of fused-ring (bicyclic) bond motifs is 1. The summed E-state index contributed by atoms with van der Waals surface area (Å²) < 4.78 is 25.5. The second kappa shape index (κ2) is 6.94. The first-order valence-electron chi connectivity index (χ1n) is 8.38. The van der Waals surface area contributed by atoms with Gasteiger partial charge < -0.3 is 9.47 Å². The first-order chi connectivity index (χ1) is 12.8. The Morgan fingerprint density at radius 1 is 1.26 bits per heavy atom. The van der Waals surface area contributed by atoms with E-state index < -0.39 is 15.3 Å². The van der Waals surface area contributed by atoms with Gasteiger partial charge in [-0.05, 0) is 25.0 Å². The smallest absolute Gasteiger partial charge is 0.213 e. The number of nitrogens with zero attached hydrogens (tertiary/aromatic N) is 4. The number of piperidine rings is 1. The van der Waals surface area contributed by atoms with E-state index in [0.29, 0.717) is 47.3 Å². The Hall–Kier alpha value is -1.87. The zero-order chi connectivity index (χ0) is 19.2. The van der Waals surface area contributed by atoms with Crippen LogP contribution in [0.4, 0.5) is 5.82 Å². The van der Waals surface area contributed by atoms with Crippen molar-refractivity contribution in [3.8, 4) is 5.69 Å². The van der Waals surface area contributed by atoms with Crippen molar-refractivity contribution in [2.24, 2.45) is 5.14 Å². The molecule has 0 amide bonds. The minimum absolute atomic E-state index is 0.291. The molecule has 0 bridgehead atoms. The maximum atomic E-state index is 11.8. The summed E-state index contributed by atoms with van der Waals surface area (Å²) in [7, 11) is -3.61. The summed E-state index contributed by atoms with van der Waals surface area (Å²) in [5.41, 5.74) is 1.40. The first kappa shape index (κ1) is 18.5. The van der Waals surface area contributed by atoms with Crippen LogP contribution in [0.15, 0.2) is 36.9 Å². The first-order valence-corrected chi connectivity index (χ1v) is 10.7. The number of benzene rings is 1. The molecule has 2 N–H and O–H groups in total. The summed E-state index contributed by atoms with van der Waals surface area (Å²) in [4.78, 5) is 10.7. The van der Waals surface area contributed by atoms with Crippen LogP contribution >= 0.6 is 23.2 Å². The van der Waals surface area contributed by atoms with Crippen LogP contribution in [0.3, 0.4) is 0 Å². The summed E-state index contributed by atoms with van der Waals surface area (Å²) in [5, 5.41) is 6.34. The van der Waals surface area contributed by atoms with Crippen LogP contribution in [0.2, 0.25) is 10.0 Å². The lowest BCUT2D eigenvalue weighted by molar-refractivity contribution is 0.531. The molecule has 0 spiro atoms. The largest absolute Gasteiger partial charge is 0.355 e. The quantitative estimate of drug-likeness (QED) is 0.695. The lowest BCUT2D eigenvalue weighted by atomic mass is 10.1. The van der Waals surface area contributed by atoms with Crippen LogP contribution in [-0.4, -0.2) is 41.3 Å². The molecule has 7 nitrogen and oxygen atoms in total. The average molecular weight is 426 g/mol. The predicted octanol–water partition coefficient (Wildman–Crippen LogP) is 2.98. The van der Waals surface area contributed by atoms with E-state index >= 15 is 0 Å². The number of pyridine rings is 1. The zero-order valence-electron chi connectivity index (χ0n) is 14.2. The Morgan fingerprint density at radius 2 is 2.07 bits per heavy atom. The molecule has 2 aromatic heterocycles. The van der Waals surface area contributed by atoms with Crippen molar-refractivity contribution in [3.63, 3.8) is 0 Å². The highest BCUT2D eigenvalue weighted by molar-refractivity contribution is 7.89. The van der Waals surface area contributed by atoms with Gasteiger partial charge in [-0.15, -0.1) is 0 Å². The minimum Gasteiger partial charge on any atom is -0.355 e. The molecule has 27 heavy (non-hydrogen) atoms. The third-order valence-corrected chi connectivity index (χ3v) is 6.89. The Morgan fingerprint density at radius 3 is 2.78 bits per heavy atom. The van der Waals surface area contributed by atoms with Gasteiger partial charge in [-0.3, -0.25) is 0 Å².